The third-order valence-electron chi connectivity index (χ3n) is 5.27. The molecule has 0 bridgehead atoms. The largest absolute Gasteiger partial charge is 0.127 e. The molecule has 0 aliphatic rings. The number of unbranched alkanes of at least 4 members (excludes halogenated alkanes) is 20. The molecule has 0 spiro atoms. The Hall–Kier alpha value is 0.580. The summed E-state index contributed by atoms with van der Waals surface area (Å²) in [6, 6.07) is 0. The molecule has 0 N–H and O–H groups in total. The lowest BCUT2D eigenvalue weighted by Gasteiger charge is -2.04. The summed E-state index contributed by atoms with van der Waals surface area (Å²) in [5.41, 5.74) is 0. The molecule has 0 aliphatic heterocycles. The van der Waals surface area contributed by atoms with Gasteiger partial charge < -0.3 is 0 Å². The van der Waals surface area contributed by atoms with Crippen LogP contribution in [0, 0.1) is 0 Å². The average molecular weight is 394 g/mol. The van der Waals surface area contributed by atoms with Gasteiger partial charge in [0.2, 0.25) is 0 Å². The number of rotatable bonds is 22. The minimum Gasteiger partial charge on any atom is -0.127 e. The monoisotopic (exact) mass is 392 g/mol. The Labute approximate surface area is 169 Å². The normalized spacial score (nSPS) is 11.3. The molecular weight excluding hydrogens is 347 g/mol. The van der Waals surface area contributed by atoms with Crippen molar-refractivity contribution in [3.63, 3.8) is 0 Å². The highest BCUT2D eigenvalue weighted by atomic mass is 35.5. The molecule has 0 aromatic rings. The first-order chi connectivity index (χ1) is 12.4. The molecule has 0 amide bonds. The van der Waals surface area contributed by atoms with Gasteiger partial charge in [0.25, 0.3) is 0 Å². The number of alkyl halides is 2. The molecular formula is C23H46Cl2. The van der Waals surface area contributed by atoms with Crippen LogP contribution in [0.2, 0.25) is 0 Å². The maximum absolute atomic E-state index is 5.69. The van der Waals surface area contributed by atoms with E-state index in [0.29, 0.717) is 0 Å². The molecule has 0 unspecified atom stereocenters. The van der Waals surface area contributed by atoms with Crippen LogP contribution in [0.25, 0.3) is 0 Å². The summed E-state index contributed by atoms with van der Waals surface area (Å²) < 4.78 is 0. The third-order valence-corrected chi connectivity index (χ3v) is 5.80. The van der Waals surface area contributed by atoms with Gasteiger partial charge in [0.05, 0.1) is 0 Å². The van der Waals surface area contributed by atoms with E-state index in [9.17, 15) is 0 Å². The second-order valence-corrected chi connectivity index (χ2v) is 8.56. The summed E-state index contributed by atoms with van der Waals surface area (Å²) in [5, 5.41) is 0. The second-order valence-electron chi connectivity index (χ2n) is 7.80. The summed E-state index contributed by atoms with van der Waals surface area (Å²) in [6.07, 6.45) is 29.7. The molecule has 0 rings (SSSR count). The lowest BCUT2D eigenvalue weighted by Crippen LogP contribution is -1.84. The van der Waals surface area contributed by atoms with Crippen LogP contribution in [0.1, 0.15) is 135 Å². The Morgan fingerprint density at radius 1 is 0.200 bits per heavy atom. The highest BCUT2D eigenvalue weighted by Gasteiger charge is 1.95. The zero-order valence-corrected chi connectivity index (χ0v) is 18.5. The van der Waals surface area contributed by atoms with Gasteiger partial charge in [-0.05, 0) is 12.8 Å². The number of hydrogen-bond donors (Lipinski definition) is 0. The molecule has 0 aromatic carbocycles. The molecule has 0 saturated heterocycles. The molecule has 25 heavy (non-hydrogen) atoms. The van der Waals surface area contributed by atoms with Crippen molar-refractivity contribution < 1.29 is 0 Å². The van der Waals surface area contributed by atoms with E-state index in [-0.39, 0.29) is 0 Å². The molecule has 0 nitrogen and oxygen atoms in total. The third kappa shape index (κ3) is 24.6. The quantitative estimate of drug-likeness (QED) is 0.127. The maximum Gasteiger partial charge on any atom is 0.0223 e. The van der Waals surface area contributed by atoms with Crippen molar-refractivity contribution in [1.29, 1.82) is 0 Å². The van der Waals surface area contributed by atoms with Crippen molar-refractivity contribution >= 4 is 23.2 Å². The summed E-state index contributed by atoms with van der Waals surface area (Å²) in [4.78, 5) is 0. The summed E-state index contributed by atoms with van der Waals surface area (Å²) in [5.74, 6) is 1.69. The first-order valence-corrected chi connectivity index (χ1v) is 12.6. The van der Waals surface area contributed by atoms with Crippen molar-refractivity contribution in [2.24, 2.45) is 0 Å². The Morgan fingerprint density at radius 2 is 0.320 bits per heavy atom. The van der Waals surface area contributed by atoms with Gasteiger partial charge in [0, 0.05) is 11.8 Å². The first kappa shape index (κ1) is 25.6. The fourth-order valence-corrected chi connectivity index (χ4v) is 3.93. The Balaban J connectivity index is 2.94. The van der Waals surface area contributed by atoms with E-state index in [1.165, 1.54) is 135 Å². The lowest BCUT2D eigenvalue weighted by atomic mass is 10.0. The average Bonchev–Trinajstić information content (AvgIpc) is 2.63. The van der Waals surface area contributed by atoms with E-state index in [1.54, 1.807) is 0 Å². The molecule has 152 valence electrons. The highest BCUT2D eigenvalue weighted by Crippen LogP contribution is 2.15. The van der Waals surface area contributed by atoms with Crippen LogP contribution >= 0.6 is 23.2 Å². The number of hydrogen-bond acceptors (Lipinski definition) is 0. The van der Waals surface area contributed by atoms with Gasteiger partial charge in [0.15, 0.2) is 0 Å². The van der Waals surface area contributed by atoms with Gasteiger partial charge in [-0.25, -0.2) is 0 Å². The van der Waals surface area contributed by atoms with Gasteiger partial charge in [-0.15, -0.1) is 23.2 Å². The van der Waals surface area contributed by atoms with Crippen molar-refractivity contribution in [2.45, 2.75) is 135 Å². The maximum atomic E-state index is 5.69. The Bertz CT molecular complexity index is 196. The van der Waals surface area contributed by atoms with E-state index in [4.69, 9.17) is 23.2 Å². The highest BCUT2D eigenvalue weighted by molar-refractivity contribution is 6.18. The van der Waals surface area contributed by atoms with Crippen LogP contribution in [-0.2, 0) is 0 Å². The summed E-state index contributed by atoms with van der Waals surface area (Å²) >= 11 is 11.4. The van der Waals surface area contributed by atoms with E-state index < -0.39 is 0 Å². The SMILES string of the molecule is ClCCCCCCCCCCCCCCCCCCCCCCCCl. The van der Waals surface area contributed by atoms with Gasteiger partial charge in [0.1, 0.15) is 0 Å². The Morgan fingerprint density at radius 3 is 0.440 bits per heavy atom. The number of halogens is 2. The molecule has 0 aliphatic carbocycles. The zero-order chi connectivity index (χ0) is 18.3. The van der Waals surface area contributed by atoms with Crippen LogP contribution in [0.15, 0.2) is 0 Å². The minimum atomic E-state index is 0.843. The van der Waals surface area contributed by atoms with E-state index in [1.807, 2.05) is 0 Å². The molecule has 0 atom stereocenters. The van der Waals surface area contributed by atoms with E-state index >= 15 is 0 Å². The molecule has 0 radical (unpaired) electrons. The minimum absolute atomic E-state index is 0.843. The van der Waals surface area contributed by atoms with Crippen LogP contribution in [0.5, 0.6) is 0 Å². The summed E-state index contributed by atoms with van der Waals surface area (Å²) in [7, 11) is 0. The molecule has 0 aromatic heterocycles. The lowest BCUT2D eigenvalue weighted by molar-refractivity contribution is 0.521. The topological polar surface area (TPSA) is 0 Å². The van der Waals surface area contributed by atoms with Gasteiger partial charge >= 0.3 is 0 Å². The van der Waals surface area contributed by atoms with E-state index in [0.717, 1.165) is 11.8 Å². The summed E-state index contributed by atoms with van der Waals surface area (Å²) in [6.45, 7) is 0. The smallest absolute Gasteiger partial charge is 0.0223 e. The standard InChI is InChI=1S/C23H46Cl2/c24-22-20-18-16-14-12-10-8-6-4-2-1-3-5-7-9-11-13-15-17-19-21-23-25/h1-23H2. The second kappa shape index (κ2) is 24.6. The van der Waals surface area contributed by atoms with Crippen molar-refractivity contribution in [3.8, 4) is 0 Å². The molecule has 2 heteroatoms. The zero-order valence-electron chi connectivity index (χ0n) is 17.0. The van der Waals surface area contributed by atoms with Gasteiger partial charge in [-0.1, -0.05) is 122 Å². The molecule has 0 heterocycles. The van der Waals surface area contributed by atoms with Crippen LogP contribution in [0.4, 0.5) is 0 Å². The van der Waals surface area contributed by atoms with Crippen LogP contribution in [0.3, 0.4) is 0 Å². The van der Waals surface area contributed by atoms with E-state index in [2.05, 4.69) is 0 Å². The predicted molar refractivity (Wildman–Crippen MR) is 118 cm³/mol. The first-order valence-electron chi connectivity index (χ1n) is 11.5. The van der Waals surface area contributed by atoms with Gasteiger partial charge in [-0.2, -0.15) is 0 Å². The fraction of sp³-hybridized carbons (Fsp3) is 1.00. The van der Waals surface area contributed by atoms with Crippen LogP contribution < -0.4 is 0 Å². The van der Waals surface area contributed by atoms with Crippen molar-refractivity contribution in [2.75, 3.05) is 11.8 Å². The molecule has 0 saturated carbocycles. The molecule has 0 fully saturated rings. The predicted octanol–water partition coefficient (Wildman–Crippen LogP) is 9.66. The van der Waals surface area contributed by atoms with Crippen LogP contribution in [-0.4, -0.2) is 11.8 Å². The van der Waals surface area contributed by atoms with Crippen molar-refractivity contribution in [3.05, 3.63) is 0 Å². The van der Waals surface area contributed by atoms with Gasteiger partial charge in [-0.3, -0.25) is 0 Å². The van der Waals surface area contributed by atoms with Crippen molar-refractivity contribution in [1.82, 2.24) is 0 Å². The fourth-order valence-electron chi connectivity index (χ4n) is 3.55. The Kier molecular flexibility index (Phi) is 25.2.